The van der Waals surface area contributed by atoms with Crippen LogP contribution in [0, 0.1) is 0 Å². The number of rotatable bonds is 9. The van der Waals surface area contributed by atoms with Crippen molar-refractivity contribution in [1.29, 1.82) is 0 Å². The van der Waals surface area contributed by atoms with Crippen molar-refractivity contribution in [3.8, 4) is 11.5 Å². The average Bonchev–Trinajstić information content (AvgIpc) is 3.10. The van der Waals surface area contributed by atoms with E-state index in [0.29, 0.717) is 23.5 Å². The van der Waals surface area contributed by atoms with Crippen LogP contribution in [-0.4, -0.2) is 55.3 Å². The SMILES string of the molecule is CCCOC(=O)c1cc(NC(=O)CN2C(=O)S/C(=C/c3cc(OC)cc(OC)c3)C2=O)ccc1Cl. The number of thioether (sulfide) groups is 1. The van der Waals surface area contributed by atoms with Gasteiger partial charge in [0.15, 0.2) is 0 Å². The number of esters is 1. The second kappa shape index (κ2) is 11.8. The van der Waals surface area contributed by atoms with Crippen LogP contribution in [0.3, 0.4) is 0 Å². The molecule has 1 aliphatic heterocycles. The van der Waals surface area contributed by atoms with E-state index in [-0.39, 0.29) is 27.8 Å². The van der Waals surface area contributed by atoms with E-state index in [1.54, 1.807) is 18.2 Å². The lowest BCUT2D eigenvalue weighted by atomic mass is 10.2. The van der Waals surface area contributed by atoms with Gasteiger partial charge in [0.25, 0.3) is 11.1 Å². The third kappa shape index (κ3) is 6.55. The Morgan fingerprint density at radius 2 is 1.77 bits per heavy atom. The van der Waals surface area contributed by atoms with Crippen LogP contribution in [-0.2, 0) is 14.3 Å². The largest absolute Gasteiger partial charge is 0.497 e. The molecule has 3 rings (SSSR count). The van der Waals surface area contributed by atoms with Gasteiger partial charge in [-0.3, -0.25) is 19.3 Å². The molecule has 2 aromatic rings. The Morgan fingerprint density at radius 3 is 2.40 bits per heavy atom. The molecule has 9 nitrogen and oxygen atoms in total. The Balaban J connectivity index is 1.71. The number of imide groups is 1. The normalized spacial score (nSPS) is 14.3. The van der Waals surface area contributed by atoms with Crippen molar-refractivity contribution in [2.45, 2.75) is 13.3 Å². The summed E-state index contributed by atoms with van der Waals surface area (Å²) in [6.07, 6.45) is 2.18. The van der Waals surface area contributed by atoms with E-state index >= 15 is 0 Å². The standard InChI is InChI=1S/C24H23ClN2O7S/c1-4-7-34-23(30)18-11-15(5-6-19(18)25)26-21(28)13-27-22(29)20(35-24(27)31)10-14-8-16(32-2)12-17(9-14)33-3/h5-6,8-12H,4,7,13H2,1-3H3,(H,26,28)/b20-10+. The van der Waals surface area contributed by atoms with Gasteiger partial charge < -0.3 is 19.5 Å². The number of amides is 3. The van der Waals surface area contributed by atoms with Gasteiger partial charge in [0.1, 0.15) is 18.0 Å². The van der Waals surface area contributed by atoms with Crippen LogP contribution in [0.25, 0.3) is 6.08 Å². The number of hydrogen-bond donors (Lipinski definition) is 1. The fourth-order valence-electron chi connectivity index (χ4n) is 3.08. The Hall–Kier alpha value is -3.50. The number of benzene rings is 2. The third-order valence-corrected chi connectivity index (χ3v) is 5.99. The van der Waals surface area contributed by atoms with Crippen LogP contribution in [0.15, 0.2) is 41.3 Å². The first-order valence-electron chi connectivity index (χ1n) is 10.5. The molecule has 0 bridgehead atoms. The molecule has 0 aliphatic carbocycles. The van der Waals surface area contributed by atoms with E-state index < -0.39 is 29.6 Å². The van der Waals surface area contributed by atoms with Crippen molar-refractivity contribution in [2.24, 2.45) is 0 Å². The Bertz CT molecular complexity index is 1180. The molecule has 0 spiro atoms. The second-order valence-electron chi connectivity index (χ2n) is 7.29. The highest BCUT2D eigenvalue weighted by Crippen LogP contribution is 2.33. The maximum atomic E-state index is 12.8. The van der Waals surface area contributed by atoms with E-state index in [2.05, 4.69) is 5.32 Å². The molecule has 1 heterocycles. The highest BCUT2D eigenvalue weighted by Gasteiger charge is 2.36. The molecule has 3 amide bonds. The fraction of sp³-hybridized carbons (Fsp3) is 0.250. The topological polar surface area (TPSA) is 111 Å². The van der Waals surface area contributed by atoms with Crippen LogP contribution >= 0.6 is 23.4 Å². The first-order valence-corrected chi connectivity index (χ1v) is 11.7. The van der Waals surface area contributed by atoms with Crippen molar-refractivity contribution in [1.82, 2.24) is 4.90 Å². The minimum Gasteiger partial charge on any atom is -0.497 e. The summed E-state index contributed by atoms with van der Waals surface area (Å²) in [5.41, 5.74) is 0.967. The number of hydrogen-bond acceptors (Lipinski definition) is 8. The number of carbonyl (C=O) groups is 4. The number of nitrogens with zero attached hydrogens (tertiary/aromatic N) is 1. The monoisotopic (exact) mass is 518 g/mol. The lowest BCUT2D eigenvalue weighted by Crippen LogP contribution is -2.36. The quantitative estimate of drug-likeness (QED) is 0.379. The lowest BCUT2D eigenvalue weighted by Gasteiger charge is -2.13. The van der Waals surface area contributed by atoms with Gasteiger partial charge in [0, 0.05) is 11.8 Å². The van der Waals surface area contributed by atoms with Crippen molar-refractivity contribution >= 4 is 58.1 Å². The number of nitrogens with one attached hydrogen (secondary N) is 1. The van der Waals surface area contributed by atoms with E-state index in [0.717, 1.165) is 16.7 Å². The second-order valence-corrected chi connectivity index (χ2v) is 8.69. The molecule has 0 radical (unpaired) electrons. The van der Waals surface area contributed by atoms with Gasteiger partial charge in [-0.25, -0.2) is 4.79 Å². The Kier molecular flexibility index (Phi) is 8.78. The zero-order valence-corrected chi connectivity index (χ0v) is 20.8. The maximum Gasteiger partial charge on any atom is 0.339 e. The summed E-state index contributed by atoms with van der Waals surface area (Å²) >= 11 is 6.79. The molecule has 35 heavy (non-hydrogen) atoms. The first kappa shape index (κ1) is 26.1. The summed E-state index contributed by atoms with van der Waals surface area (Å²) in [4.78, 5) is 50.9. The molecular formula is C24H23ClN2O7S. The lowest BCUT2D eigenvalue weighted by molar-refractivity contribution is -0.127. The molecule has 1 aliphatic rings. The summed E-state index contributed by atoms with van der Waals surface area (Å²) in [6.45, 7) is 1.60. The maximum absolute atomic E-state index is 12.8. The van der Waals surface area contributed by atoms with E-state index in [9.17, 15) is 19.2 Å². The molecule has 1 N–H and O–H groups in total. The molecule has 184 valence electrons. The molecule has 0 saturated carbocycles. The fourth-order valence-corrected chi connectivity index (χ4v) is 4.11. The zero-order valence-electron chi connectivity index (χ0n) is 19.3. The summed E-state index contributed by atoms with van der Waals surface area (Å²) in [7, 11) is 3.01. The van der Waals surface area contributed by atoms with Gasteiger partial charge >= 0.3 is 5.97 Å². The Labute approximate surface area is 211 Å². The molecule has 0 unspecified atom stereocenters. The minimum absolute atomic E-state index is 0.0979. The summed E-state index contributed by atoms with van der Waals surface area (Å²) in [5.74, 6) is -0.785. The Morgan fingerprint density at radius 1 is 1.09 bits per heavy atom. The molecule has 2 aromatic carbocycles. The smallest absolute Gasteiger partial charge is 0.339 e. The van der Waals surface area contributed by atoms with E-state index in [1.807, 2.05) is 6.92 Å². The van der Waals surface area contributed by atoms with Gasteiger partial charge in [-0.2, -0.15) is 0 Å². The molecule has 0 atom stereocenters. The third-order valence-electron chi connectivity index (χ3n) is 4.75. The highest BCUT2D eigenvalue weighted by atomic mass is 35.5. The minimum atomic E-state index is -0.619. The highest BCUT2D eigenvalue weighted by molar-refractivity contribution is 8.18. The molecule has 1 saturated heterocycles. The predicted octanol–water partition coefficient (Wildman–Crippen LogP) is 4.60. The average molecular weight is 519 g/mol. The number of ether oxygens (including phenoxy) is 3. The summed E-state index contributed by atoms with van der Waals surface area (Å²) < 4.78 is 15.5. The van der Waals surface area contributed by atoms with Crippen LogP contribution < -0.4 is 14.8 Å². The van der Waals surface area contributed by atoms with Gasteiger partial charge in [-0.15, -0.1) is 0 Å². The van der Waals surface area contributed by atoms with Gasteiger partial charge in [-0.1, -0.05) is 18.5 Å². The van der Waals surface area contributed by atoms with Crippen molar-refractivity contribution < 1.29 is 33.4 Å². The van der Waals surface area contributed by atoms with Crippen LogP contribution in [0.4, 0.5) is 10.5 Å². The number of anilines is 1. The zero-order chi connectivity index (χ0) is 25.5. The van der Waals surface area contributed by atoms with Gasteiger partial charge in [-0.05, 0) is 60.2 Å². The molecule has 1 fully saturated rings. The predicted molar refractivity (Wildman–Crippen MR) is 133 cm³/mol. The molecule has 0 aromatic heterocycles. The molecule has 11 heteroatoms. The van der Waals surface area contributed by atoms with Gasteiger partial charge in [0.2, 0.25) is 5.91 Å². The number of halogens is 1. The van der Waals surface area contributed by atoms with Crippen molar-refractivity contribution in [2.75, 3.05) is 32.7 Å². The summed E-state index contributed by atoms with van der Waals surface area (Å²) in [5, 5.41) is 2.17. The van der Waals surface area contributed by atoms with Crippen molar-refractivity contribution in [3.05, 3.63) is 57.5 Å². The van der Waals surface area contributed by atoms with Crippen LogP contribution in [0.2, 0.25) is 5.02 Å². The number of methoxy groups -OCH3 is 2. The first-order chi connectivity index (χ1) is 16.7. The van der Waals surface area contributed by atoms with Crippen LogP contribution in [0.5, 0.6) is 11.5 Å². The number of carbonyl (C=O) groups excluding carboxylic acids is 4. The van der Waals surface area contributed by atoms with E-state index in [1.165, 1.54) is 38.5 Å². The van der Waals surface area contributed by atoms with Crippen molar-refractivity contribution in [3.63, 3.8) is 0 Å². The van der Waals surface area contributed by atoms with Crippen LogP contribution in [0.1, 0.15) is 29.3 Å². The molecular weight excluding hydrogens is 496 g/mol. The van der Waals surface area contributed by atoms with Gasteiger partial charge in [0.05, 0.1) is 36.3 Å². The van der Waals surface area contributed by atoms with E-state index in [4.69, 9.17) is 25.8 Å². The summed E-state index contributed by atoms with van der Waals surface area (Å²) in [6, 6.07) is 9.38.